The van der Waals surface area contributed by atoms with Crippen molar-refractivity contribution in [3.8, 4) is 11.5 Å². The minimum absolute atomic E-state index is 0.0730. The fourth-order valence-electron chi connectivity index (χ4n) is 9.69. The zero-order valence-electron chi connectivity index (χ0n) is 43.9. The maximum Gasteiger partial charge on any atom is 0.410 e. The topological polar surface area (TPSA) is 174 Å². The van der Waals surface area contributed by atoms with Crippen LogP contribution in [0.2, 0.25) is 5.28 Å². The van der Waals surface area contributed by atoms with Crippen molar-refractivity contribution in [2.75, 3.05) is 72.7 Å². The molecule has 0 unspecified atom stereocenters. The van der Waals surface area contributed by atoms with E-state index in [1.165, 1.54) is 39.2 Å². The van der Waals surface area contributed by atoms with E-state index in [4.69, 9.17) is 35.3 Å². The highest BCUT2D eigenvalue weighted by molar-refractivity contribution is 6.28. The molecule has 4 fully saturated rings. The summed E-state index contributed by atoms with van der Waals surface area (Å²) in [4.78, 5) is 55.4. The van der Waals surface area contributed by atoms with Gasteiger partial charge in [0.25, 0.3) is 0 Å². The zero-order valence-corrected chi connectivity index (χ0v) is 44.6. The summed E-state index contributed by atoms with van der Waals surface area (Å²) < 4.78 is 64.3. The molecule has 0 spiro atoms. The van der Waals surface area contributed by atoms with Crippen LogP contribution < -0.4 is 14.4 Å². The number of esters is 2. The second-order valence-corrected chi connectivity index (χ2v) is 20.7. The van der Waals surface area contributed by atoms with Crippen LogP contribution in [0, 0.1) is 47.1 Å². The number of hydrogen-bond donors (Lipinski definition) is 0. The molecule has 74 heavy (non-hydrogen) atoms. The van der Waals surface area contributed by atoms with Gasteiger partial charge >= 0.3 is 18.0 Å². The normalized spacial score (nSPS) is 19.5. The van der Waals surface area contributed by atoms with Gasteiger partial charge in [0.15, 0.2) is 0 Å². The highest BCUT2D eigenvalue weighted by Crippen LogP contribution is 2.51. The number of piperidine rings is 2. The Labute approximate surface area is 439 Å². The third-order valence-corrected chi connectivity index (χ3v) is 14.1. The van der Waals surface area contributed by atoms with Gasteiger partial charge in [-0.3, -0.25) is 9.59 Å². The van der Waals surface area contributed by atoms with Crippen LogP contribution in [0.3, 0.4) is 0 Å². The van der Waals surface area contributed by atoms with Gasteiger partial charge in [0.2, 0.25) is 11.2 Å². The number of benzene rings is 2. The van der Waals surface area contributed by atoms with Crippen molar-refractivity contribution in [1.29, 1.82) is 0 Å². The van der Waals surface area contributed by atoms with E-state index < -0.39 is 29.2 Å². The number of nitrogens with zero attached hydrogens (tertiary/aromatic N) is 6. The molecule has 2 aliphatic carbocycles. The monoisotopic (exact) mass is 1050 g/mol. The first-order valence-electron chi connectivity index (χ1n) is 25.5. The van der Waals surface area contributed by atoms with Gasteiger partial charge in [-0.25, -0.2) is 33.5 Å². The number of halogens is 3. The van der Waals surface area contributed by atoms with Gasteiger partial charge in [-0.2, -0.15) is 0 Å². The maximum atomic E-state index is 14.2. The van der Waals surface area contributed by atoms with Crippen LogP contribution in [0.4, 0.5) is 19.5 Å². The van der Waals surface area contributed by atoms with E-state index in [-0.39, 0.29) is 24.2 Å². The molecule has 1 amide bonds. The molecule has 8 rings (SSSR count). The lowest BCUT2D eigenvalue weighted by Crippen LogP contribution is -2.42. The second kappa shape index (κ2) is 28.3. The van der Waals surface area contributed by atoms with Crippen LogP contribution in [0.15, 0.2) is 61.2 Å². The molecule has 0 bridgehead atoms. The molecule has 0 radical (unpaired) electrons. The van der Waals surface area contributed by atoms with Crippen molar-refractivity contribution in [1.82, 2.24) is 24.8 Å². The number of rotatable bonds is 19. The maximum absolute atomic E-state index is 14.2. The van der Waals surface area contributed by atoms with E-state index in [2.05, 4.69) is 34.3 Å². The van der Waals surface area contributed by atoms with E-state index in [0.717, 1.165) is 93.6 Å². The average Bonchev–Trinajstić information content (AvgIpc) is 4.34. The number of methoxy groups -OCH3 is 4. The minimum atomic E-state index is -0.468. The Hall–Kier alpha value is -5.72. The van der Waals surface area contributed by atoms with Crippen LogP contribution in [-0.4, -0.2) is 116 Å². The molecule has 2 saturated heterocycles. The lowest BCUT2D eigenvalue weighted by molar-refractivity contribution is -0.140. The average molecular weight is 1050 g/mol. The molecule has 4 heterocycles. The first-order valence-corrected chi connectivity index (χ1v) is 25.9. The number of carbonyl (C=O) groups excluding carboxylic acids is 3. The SMILES string of the molecule is COC(=O)Cc1ccc(OCC[C@@H]2C[C@@H]2C2CCN(C(=O)OC(C)(C)C)CC2)cc1F.COCc1cnc(Cl)nc1.COCc1cnc(N2CCC([C@H]3C[C@H]3CCOc3ccc(CC(=O)OC)c(F)c3)CC2)nc1. The smallest absolute Gasteiger partial charge is 0.410 e. The van der Waals surface area contributed by atoms with Crippen molar-refractivity contribution in [2.24, 2.45) is 35.5 Å². The van der Waals surface area contributed by atoms with Crippen LogP contribution in [0.25, 0.3) is 0 Å². The summed E-state index contributed by atoms with van der Waals surface area (Å²) in [7, 11) is 5.87. The summed E-state index contributed by atoms with van der Waals surface area (Å²) in [6, 6.07) is 9.24. The van der Waals surface area contributed by atoms with Crippen molar-refractivity contribution in [2.45, 2.75) is 104 Å². The molecule has 16 nitrogen and oxygen atoms in total. The second-order valence-electron chi connectivity index (χ2n) is 20.4. The van der Waals surface area contributed by atoms with Gasteiger partial charge < -0.3 is 43.0 Å². The standard InChI is InChI=1S/C25H32FN3O4.C24H34FNO5.C6H7ClN2O/c1-31-16-17-14-27-25(28-15-17)29-8-5-18(6-9-29)22-11-19(22)7-10-33-21-4-3-20(23(26)13-21)12-24(30)32-2;1-24(2,3)31-23(28)26-10-7-16(8-11-26)20-13-17(20)9-12-30-19-6-5-18(21(25)15-19)14-22(27)29-4;1-10-4-5-2-8-6(7)9-3-5/h3-4,13-15,18-19,22H,5-12,16H2,1-2H3;5-6,15-17,20H,7-14H2,1-4H3;2-3H,4H2,1H3/t19-,22-;17-,20-;/m11./s1. The fourth-order valence-corrected chi connectivity index (χ4v) is 9.79. The van der Waals surface area contributed by atoms with Crippen LogP contribution >= 0.6 is 11.6 Å². The Morgan fingerprint density at radius 3 is 1.49 bits per heavy atom. The Morgan fingerprint density at radius 2 is 1.08 bits per heavy atom. The molecule has 2 aromatic heterocycles. The number of hydrogen-bond acceptors (Lipinski definition) is 15. The van der Waals surface area contributed by atoms with Crippen molar-refractivity contribution in [3.05, 3.63) is 100 Å². The third-order valence-electron chi connectivity index (χ3n) is 13.9. The molecular formula is C55H73ClF2N6O10. The molecule has 404 valence electrons. The predicted octanol–water partition coefficient (Wildman–Crippen LogP) is 9.67. The summed E-state index contributed by atoms with van der Waals surface area (Å²) in [5.41, 5.74) is 2.07. The van der Waals surface area contributed by atoms with Crippen LogP contribution in [-0.2, 0) is 59.3 Å². The molecule has 4 aromatic rings. The van der Waals surface area contributed by atoms with Gasteiger partial charge in [-0.15, -0.1) is 0 Å². The lowest BCUT2D eigenvalue weighted by atomic mass is 9.90. The van der Waals surface area contributed by atoms with Crippen molar-refractivity contribution < 1.29 is 56.3 Å². The summed E-state index contributed by atoms with van der Waals surface area (Å²) in [5.74, 6) is 4.16. The summed E-state index contributed by atoms with van der Waals surface area (Å²) in [6.45, 7) is 11.4. The molecular weight excluding hydrogens is 978 g/mol. The molecule has 19 heteroatoms. The van der Waals surface area contributed by atoms with E-state index in [9.17, 15) is 23.2 Å². The van der Waals surface area contributed by atoms with E-state index in [1.54, 1.807) is 50.9 Å². The van der Waals surface area contributed by atoms with E-state index >= 15 is 0 Å². The number of carbonyl (C=O) groups is 3. The zero-order chi connectivity index (χ0) is 53.2. The lowest BCUT2D eigenvalue weighted by Gasteiger charge is -2.33. The largest absolute Gasteiger partial charge is 0.493 e. The van der Waals surface area contributed by atoms with Gasteiger partial charge in [-0.05, 0) is 143 Å². The van der Waals surface area contributed by atoms with Crippen molar-refractivity contribution >= 4 is 35.6 Å². The number of likely N-dealkylation sites (tertiary alicyclic amines) is 1. The van der Waals surface area contributed by atoms with Crippen LogP contribution in [0.1, 0.15) is 94.4 Å². The number of ether oxygens (including phenoxy) is 7. The summed E-state index contributed by atoms with van der Waals surface area (Å²) in [6.07, 6.45) is 15.3. The molecule has 4 aliphatic rings. The summed E-state index contributed by atoms with van der Waals surface area (Å²) in [5, 5.41) is 0.264. The highest BCUT2D eigenvalue weighted by Gasteiger charge is 2.44. The quantitative estimate of drug-likeness (QED) is 0.0493. The number of aromatic nitrogens is 4. The van der Waals surface area contributed by atoms with Gasteiger partial charge in [-0.1, -0.05) is 12.1 Å². The van der Waals surface area contributed by atoms with Gasteiger partial charge in [0.05, 0.1) is 53.5 Å². The third kappa shape index (κ3) is 18.6. The molecule has 2 aliphatic heterocycles. The predicted molar refractivity (Wildman–Crippen MR) is 274 cm³/mol. The highest BCUT2D eigenvalue weighted by atomic mass is 35.5. The van der Waals surface area contributed by atoms with Gasteiger partial charge in [0.1, 0.15) is 28.7 Å². The van der Waals surface area contributed by atoms with Gasteiger partial charge in [0, 0.05) is 88.4 Å². The first kappa shape index (κ1) is 57.6. The number of amides is 1. The Kier molecular flexibility index (Phi) is 22.0. The molecule has 2 saturated carbocycles. The molecule has 0 N–H and O–H groups in total. The molecule has 4 atom stereocenters. The summed E-state index contributed by atoms with van der Waals surface area (Å²) >= 11 is 5.45. The Bertz CT molecular complexity index is 2400. The number of anilines is 1. The van der Waals surface area contributed by atoms with E-state index in [0.29, 0.717) is 72.7 Å². The van der Waals surface area contributed by atoms with E-state index in [1.807, 2.05) is 38.1 Å². The Morgan fingerprint density at radius 1 is 0.649 bits per heavy atom. The first-order chi connectivity index (χ1) is 35.6. The Balaban J connectivity index is 0.000000203. The minimum Gasteiger partial charge on any atom is -0.493 e. The van der Waals surface area contributed by atoms with Crippen molar-refractivity contribution in [3.63, 3.8) is 0 Å². The fraction of sp³-hybridized carbons (Fsp3) is 0.582. The van der Waals surface area contributed by atoms with Crippen LogP contribution in [0.5, 0.6) is 11.5 Å². The molecule has 2 aromatic carbocycles.